The molecule has 0 heterocycles. The second kappa shape index (κ2) is 11.7. The van der Waals surface area contributed by atoms with Gasteiger partial charge in [0.2, 0.25) is 0 Å². The molecule has 0 heteroatoms. The monoisotopic (exact) mass is 332 g/mol. The molecule has 1 atom stereocenters. The minimum absolute atomic E-state index is 0.403. The summed E-state index contributed by atoms with van der Waals surface area (Å²) in [6.45, 7) is 17.6. The van der Waals surface area contributed by atoms with E-state index in [9.17, 15) is 0 Å². The molecule has 24 heavy (non-hydrogen) atoms. The molecule has 0 aliphatic heterocycles. The van der Waals surface area contributed by atoms with E-state index in [4.69, 9.17) is 0 Å². The van der Waals surface area contributed by atoms with Gasteiger partial charge in [-0.25, -0.2) is 0 Å². The van der Waals surface area contributed by atoms with Gasteiger partial charge in [0, 0.05) is 0 Å². The summed E-state index contributed by atoms with van der Waals surface area (Å²) < 4.78 is 0. The number of fused-ring (bicyclic) bond motifs is 1. The fraction of sp³-hybridized carbons (Fsp3) is 0.750. The third-order valence-corrected chi connectivity index (χ3v) is 5.27. The van der Waals surface area contributed by atoms with Gasteiger partial charge in [-0.15, -0.1) is 0 Å². The topological polar surface area (TPSA) is 0 Å². The zero-order chi connectivity index (χ0) is 18.6. The fourth-order valence-corrected chi connectivity index (χ4v) is 4.18. The quantitative estimate of drug-likeness (QED) is 0.442. The SMILES string of the molecule is CC.CC.CCCCC/C=C\C1=CC=C2C(C)(C)CCCC2(C)C1. The number of hydrogen-bond donors (Lipinski definition) is 0. The highest BCUT2D eigenvalue weighted by molar-refractivity contribution is 5.39. The fourth-order valence-electron chi connectivity index (χ4n) is 4.18. The summed E-state index contributed by atoms with van der Waals surface area (Å²) in [4.78, 5) is 0. The normalized spacial score (nSPS) is 24.7. The molecule has 2 aliphatic carbocycles. The summed E-state index contributed by atoms with van der Waals surface area (Å²) >= 11 is 0. The van der Waals surface area contributed by atoms with Crippen molar-refractivity contribution in [1.29, 1.82) is 0 Å². The minimum atomic E-state index is 0.403. The van der Waals surface area contributed by atoms with Crippen LogP contribution in [0.4, 0.5) is 0 Å². The summed E-state index contributed by atoms with van der Waals surface area (Å²) in [5, 5.41) is 0. The van der Waals surface area contributed by atoms with Crippen molar-refractivity contribution in [1.82, 2.24) is 0 Å². The summed E-state index contributed by atoms with van der Waals surface area (Å²) in [5.41, 5.74) is 4.05. The second-order valence-corrected chi connectivity index (χ2v) is 7.69. The van der Waals surface area contributed by atoms with Crippen LogP contribution in [0.2, 0.25) is 0 Å². The van der Waals surface area contributed by atoms with Gasteiger partial charge in [0.25, 0.3) is 0 Å². The first kappa shape index (κ1) is 23.2. The lowest BCUT2D eigenvalue weighted by Crippen LogP contribution is -2.35. The molecular weight excluding hydrogens is 288 g/mol. The molecular formula is C24H44. The third-order valence-electron chi connectivity index (χ3n) is 5.27. The molecule has 0 amide bonds. The van der Waals surface area contributed by atoms with Crippen molar-refractivity contribution >= 4 is 0 Å². The van der Waals surface area contributed by atoms with E-state index in [0.717, 1.165) is 0 Å². The van der Waals surface area contributed by atoms with E-state index in [1.807, 2.05) is 27.7 Å². The van der Waals surface area contributed by atoms with E-state index in [1.54, 1.807) is 5.57 Å². The molecule has 0 aromatic heterocycles. The number of rotatable bonds is 5. The highest BCUT2D eigenvalue weighted by Gasteiger charge is 2.42. The lowest BCUT2D eigenvalue weighted by atomic mass is 9.57. The lowest BCUT2D eigenvalue weighted by molar-refractivity contribution is 0.195. The van der Waals surface area contributed by atoms with Crippen LogP contribution in [0, 0.1) is 10.8 Å². The minimum Gasteiger partial charge on any atom is -0.0843 e. The van der Waals surface area contributed by atoms with Gasteiger partial charge in [-0.3, -0.25) is 0 Å². The molecule has 2 aliphatic rings. The van der Waals surface area contributed by atoms with Gasteiger partial charge in [-0.05, 0) is 48.5 Å². The Bertz CT molecular complexity index is 419. The molecule has 0 saturated heterocycles. The van der Waals surface area contributed by atoms with Crippen LogP contribution in [0.5, 0.6) is 0 Å². The van der Waals surface area contributed by atoms with Crippen molar-refractivity contribution in [3.63, 3.8) is 0 Å². The van der Waals surface area contributed by atoms with E-state index >= 15 is 0 Å². The Balaban J connectivity index is 0.00000123. The van der Waals surface area contributed by atoms with Gasteiger partial charge in [0.05, 0.1) is 0 Å². The Morgan fingerprint density at radius 3 is 2.25 bits per heavy atom. The van der Waals surface area contributed by atoms with Gasteiger partial charge in [0.1, 0.15) is 0 Å². The van der Waals surface area contributed by atoms with Gasteiger partial charge in [-0.2, -0.15) is 0 Å². The molecule has 2 rings (SSSR count). The zero-order valence-corrected chi connectivity index (χ0v) is 18.0. The molecule has 0 radical (unpaired) electrons. The Kier molecular flexibility index (Phi) is 11.3. The zero-order valence-electron chi connectivity index (χ0n) is 18.0. The average Bonchev–Trinajstić information content (AvgIpc) is 2.57. The van der Waals surface area contributed by atoms with Gasteiger partial charge in [0.15, 0.2) is 0 Å². The van der Waals surface area contributed by atoms with E-state index in [-0.39, 0.29) is 0 Å². The lowest BCUT2D eigenvalue weighted by Gasteiger charge is -2.48. The standard InChI is InChI=1S/C20H32.2C2H6/c1-5-6-7-8-9-11-17-12-13-18-19(2,3)14-10-15-20(18,4)16-17;2*1-2/h9,11-13H,5-8,10,14-16H2,1-4H3;2*1-2H3/b11-9-;;. The Hall–Kier alpha value is -0.780. The number of hydrogen-bond acceptors (Lipinski definition) is 0. The first-order valence-electron chi connectivity index (χ1n) is 10.6. The van der Waals surface area contributed by atoms with E-state index in [2.05, 4.69) is 52.0 Å². The molecule has 0 bridgehead atoms. The van der Waals surface area contributed by atoms with Crippen LogP contribution in [0.25, 0.3) is 0 Å². The molecule has 0 N–H and O–H groups in total. The smallest absolute Gasteiger partial charge is 0.00676 e. The molecule has 0 aromatic carbocycles. The highest BCUT2D eigenvalue weighted by atomic mass is 14.5. The van der Waals surface area contributed by atoms with E-state index in [1.165, 1.54) is 56.9 Å². The molecule has 1 saturated carbocycles. The first-order chi connectivity index (χ1) is 11.5. The van der Waals surface area contributed by atoms with E-state index in [0.29, 0.717) is 10.8 Å². The van der Waals surface area contributed by atoms with Crippen LogP contribution in [-0.4, -0.2) is 0 Å². The van der Waals surface area contributed by atoms with E-state index < -0.39 is 0 Å². The maximum Gasteiger partial charge on any atom is -0.00676 e. The Morgan fingerprint density at radius 1 is 0.958 bits per heavy atom. The predicted molar refractivity (Wildman–Crippen MR) is 113 cm³/mol. The summed E-state index contributed by atoms with van der Waals surface area (Å²) in [6.07, 6.45) is 20.2. The van der Waals surface area contributed by atoms with Crippen molar-refractivity contribution in [3.8, 4) is 0 Å². The van der Waals surface area contributed by atoms with Crippen molar-refractivity contribution in [2.24, 2.45) is 10.8 Å². The molecule has 0 aromatic rings. The molecule has 0 nitrogen and oxygen atoms in total. The van der Waals surface area contributed by atoms with Gasteiger partial charge >= 0.3 is 0 Å². The maximum atomic E-state index is 2.48. The summed E-state index contributed by atoms with van der Waals surface area (Å²) in [6, 6.07) is 0. The van der Waals surface area contributed by atoms with Crippen LogP contribution in [0.1, 0.15) is 107 Å². The molecule has 1 unspecified atom stereocenters. The summed E-state index contributed by atoms with van der Waals surface area (Å²) in [5.74, 6) is 0. The van der Waals surface area contributed by atoms with Crippen LogP contribution >= 0.6 is 0 Å². The Morgan fingerprint density at radius 2 is 1.62 bits per heavy atom. The average molecular weight is 333 g/mol. The van der Waals surface area contributed by atoms with Crippen LogP contribution < -0.4 is 0 Å². The Labute approximate surface area is 153 Å². The predicted octanol–water partition coefficient (Wildman–Crippen LogP) is 8.65. The van der Waals surface area contributed by atoms with Crippen molar-refractivity contribution in [2.45, 2.75) is 107 Å². The van der Waals surface area contributed by atoms with Crippen molar-refractivity contribution < 1.29 is 0 Å². The molecule has 0 spiro atoms. The summed E-state index contributed by atoms with van der Waals surface area (Å²) in [7, 11) is 0. The van der Waals surface area contributed by atoms with Crippen molar-refractivity contribution in [3.05, 3.63) is 35.5 Å². The van der Waals surface area contributed by atoms with Crippen LogP contribution in [0.3, 0.4) is 0 Å². The van der Waals surface area contributed by atoms with Crippen LogP contribution in [0.15, 0.2) is 35.5 Å². The van der Waals surface area contributed by atoms with Gasteiger partial charge in [-0.1, -0.05) is 105 Å². The highest BCUT2D eigenvalue weighted by Crippen LogP contribution is 2.54. The largest absolute Gasteiger partial charge is 0.0843 e. The third kappa shape index (κ3) is 6.61. The first-order valence-corrected chi connectivity index (χ1v) is 10.6. The second-order valence-electron chi connectivity index (χ2n) is 7.69. The molecule has 140 valence electrons. The number of unbranched alkanes of at least 4 members (excludes halogenated alkanes) is 3. The number of allylic oxidation sites excluding steroid dienone is 6. The maximum absolute atomic E-state index is 2.48. The van der Waals surface area contributed by atoms with Crippen molar-refractivity contribution in [2.75, 3.05) is 0 Å². The van der Waals surface area contributed by atoms with Gasteiger partial charge < -0.3 is 0 Å². The van der Waals surface area contributed by atoms with Crippen LogP contribution in [-0.2, 0) is 0 Å². The molecule has 1 fully saturated rings.